The molecule has 0 unspecified atom stereocenters. The Morgan fingerprint density at radius 2 is 1.23 bits per heavy atom. The molecule has 4 rings (SSSR count). The Hall–Kier alpha value is -3.56. The summed E-state index contributed by atoms with van der Waals surface area (Å²) in [6.45, 7) is 4.33. The third-order valence-corrected chi connectivity index (χ3v) is 4.87. The van der Waals surface area contributed by atoms with E-state index in [4.69, 9.17) is 0 Å². The number of benzene rings is 3. The molecule has 1 aromatic heterocycles. The van der Waals surface area contributed by atoms with Crippen molar-refractivity contribution in [2.24, 2.45) is 0 Å². The van der Waals surface area contributed by atoms with Crippen LogP contribution < -0.4 is 0 Å². The van der Waals surface area contributed by atoms with Gasteiger partial charge in [0.15, 0.2) is 0 Å². The van der Waals surface area contributed by atoms with Crippen molar-refractivity contribution in [1.29, 1.82) is 10.5 Å². The van der Waals surface area contributed by atoms with Crippen molar-refractivity contribution >= 4 is 21.8 Å². The zero-order valence-corrected chi connectivity index (χ0v) is 14.7. The first-order chi connectivity index (χ1) is 12.7. The highest BCUT2D eigenvalue weighted by atomic mass is 15.0. The summed E-state index contributed by atoms with van der Waals surface area (Å²) in [6, 6.07) is 24.4. The fourth-order valence-corrected chi connectivity index (χ4v) is 3.56. The van der Waals surface area contributed by atoms with Crippen LogP contribution in [-0.4, -0.2) is 4.57 Å². The Balaban J connectivity index is 2.18. The highest BCUT2D eigenvalue weighted by Gasteiger charge is 2.17. The number of nitriles is 2. The molecule has 26 heavy (non-hydrogen) atoms. The van der Waals surface area contributed by atoms with E-state index in [0.29, 0.717) is 17.0 Å². The zero-order chi connectivity index (χ0) is 18.3. The molecular weight excluding hydrogens is 318 g/mol. The monoisotopic (exact) mass is 335 g/mol. The maximum absolute atomic E-state index is 9.65. The maximum atomic E-state index is 9.65. The number of rotatable bonds is 2. The van der Waals surface area contributed by atoms with E-state index >= 15 is 0 Å². The largest absolute Gasteiger partial charge is 0.307 e. The lowest BCUT2D eigenvalue weighted by atomic mass is 10.0. The minimum Gasteiger partial charge on any atom is -0.307 e. The number of hydrogen-bond acceptors (Lipinski definition) is 2. The Kier molecular flexibility index (Phi) is 3.72. The van der Waals surface area contributed by atoms with Crippen LogP contribution in [0.1, 0.15) is 36.5 Å². The fraction of sp³-hybridized carbons (Fsp3) is 0.130. The van der Waals surface area contributed by atoms with Gasteiger partial charge in [-0.1, -0.05) is 50.2 Å². The zero-order valence-electron chi connectivity index (χ0n) is 14.7. The lowest BCUT2D eigenvalue weighted by Crippen LogP contribution is -1.98. The van der Waals surface area contributed by atoms with Crippen LogP contribution in [0, 0.1) is 22.7 Å². The van der Waals surface area contributed by atoms with Crippen molar-refractivity contribution < 1.29 is 0 Å². The molecule has 0 fully saturated rings. The van der Waals surface area contributed by atoms with Crippen LogP contribution in [0.3, 0.4) is 0 Å². The second kappa shape index (κ2) is 6.06. The number of aromatic nitrogens is 1. The normalized spacial score (nSPS) is 11.0. The summed E-state index contributed by atoms with van der Waals surface area (Å²) in [5.41, 5.74) is 5.14. The predicted molar refractivity (Wildman–Crippen MR) is 104 cm³/mol. The van der Waals surface area contributed by atoms with Gasteiger partial charge in [0, 0.05) is 16.5 Å². The van der Waals surface area contributed by atoms with Gasteiger partial charge in [0.25, 0.3) is 0 Å². The summed E-state index contributed by atoms with van der Waals surface area (Å²) >= 11 is 0. The van der Waals surface area contributed by atoms with E-state index in [9.17, 15) is 10.5 Å². The van der Waals surface area contributed by atoms with Gasteiger partial charge in [0.2, 0.25) is 0 Å². The van der Waals surface area contributed by atoms with Gasteiger partial charge < -0.3 is 4.57 Å². The van der Waals surface area contributed by atoms with E-state index in [1.54, 1.807) is 0 Å². The average Bonchev–Trinajstić information content (AvgIpc) is 3.02. The van der Waals surface area contributed by atoms with E-state index in [2.05, 4.69) is 50.3 Å². The van der Waals surface area contributed by atoms with Crippen LogP contribution >= 0.6 is 0 Å². The molecule has 124 valence electrons. The summed E-state index contributed by atoms with van der Waals surface area (Å²) in [7, 11) is 0. The topological polar surface area (TPSA) is 52.5 Å². The molecule has 0 amide bonds. The highest BCUT2D eigenvalue weighted by Crippen LogP contribution is 2.35. The second-order valence-corrected chi connectivity index (χ2v) is 6.71. The quantitative estimate of drug-likeness (QED) is 0.475. The van der Waals surface area contributed by atoms with Crippen molar-refractivity contribution in [3.8, 4) is 17.8 Å². The first-order valence-corrected chi connectivity index (χ1v) is 8.62. The lowest BCUT2D eigenvalue weighted by Gasteiger charge is -2.11. The van der Waals surface area contributed by atoms with Crippen molar-refractivity contribution in [2.45, 2.75) is 19.8 Å². The van der Waals surface area contributed by atoms with Crippen LogP contribution in [0.15, 0.2) is 60.7 Å². The van der Waals surface area contributed by atoms with E-state index < -0.39 is 0 Å². The number of hydrogen-bond donors (Lipinski definition) is 0. The van der Waals surface area contributed by atoms with Gasteiger partial charge in [-0.3, -0.25) is 0 Å². The molecule has 0 atom stereocenters. The lowest BCUT2D eigenvalue weighted by molar-refractivity contribution is 0.866. The standard InChI is InChI=1S/C23H17N3/c1-15(2)16-9-11-19(12-10-16)26-22-17(13-24)5-3-7-20(22)21-8-4-6-18(14-25)23(21)26/h3-12,15H,1-2H3. The van der Waals surface area contributed by atoms with Crippen molar-refractivity contribution in [3.05, 3.63) is 77.4 Å². The predicted octanol–water partition coefficient (Wildman–Crippen LogP) is 5.65. The molecule has 0 aliphatic rings. The van der Waals surface area contributed by atoms with Crippen LogP contribution in [0.5, 0.6) is 0 Å². The second-order valence-electron chi connectivity index (χ2n) is 6.71. The van der Waals surface area contributed by atoms with E-state index in [-0.39, 0.29) is 0 Å². The van der Waals surface area contributed by atoms with E-state index in [0.717, 1.165) is 27.5 Å². The Bertz CT molecular complexity index is 1140. The third kappa shape index (κ3) is 2.26. The van der Waals surface area contributed by atoms with Crippen LogP contribution in [-0.2, 0) is 0 Å². The molecule has 3 nitrogen and oxygen atoms in total. The summed E-state index contributed by atoms with van der Waals surface area (Å²) in [4.78, 5) is 0. The molecule has 0 N–H and O–H groups in total. The van der Waals surface area contributed by atoms with E-state index in [1.807, 2.05) is 41.0 Å². The Morgan fingerprint density at radius 1 is 0.731 bits per heavy atom. The molecule has 0 saturated carbocycles. The van der Waals surface area contributed by atoms with Gasteiger partial charge >= 0.3 is 0 Å². The molecular formula is C23H17N3. The molecule has 0 bridgehead atoms. The number of para-hydroxylation sites is 2. The molecule has 3 aromatic carbocycles. The van der Waals surface area contributed by atoms with Gasteiger partial charge in [-0.15, -0.1) is 0 Å². The molecule has 0 aliphatic heterocycles. The van der Waals surface area contributed by atoms with Crippen molar-refractivity contribution in [1.82, 2.24) is 4.57 Å². The van der Waals surface area contributed by atoms with E-state index in [1.165, 1.54) is 5.56 Å². The molecule has 4 aromatic rings. The Morgan fingerprint density at radius 3 is 1.65 bits per heavy atom. The summed E-state index contributed by atoms with van der Waals surface area (Å²) in [5.74, 6) is 0.450. The average molecular weight is 335 g/mol. The molecule has 1 heterocycles. The minimum absolute atomic E-state index is 0.450. The van der Waals surface area contributed by atoms with Crippen LogP contribution in [0.2, 0.25) is 0 Å². The first-order valence-electron chi connectivity index (χ1n) is 8.62. The number of fused-ring (bicyclic) bond motifs is 3. The SMILES string of the molecule is CC(C)c1ccc(-n2c3c(C#N)cccc3c3cccc(C#N)c32)cc1. The number of nitrogens with zero attached hydrogens (tertiary/aromatic N) is 3. The summed E-state index contributed by atoms with van der Waals surface area (Å²) in [5, 5.41) is 21.3. The van der Waals surface area contributed by atoms with Crippen molar-refractivity contribution in [2.75, 3.05) is 0 Å². The van der Waals surface area contributed by atoms with Gasteiger partial charge in [-0.2, -0.15) is 10.5 Å². The van der Waals surface area contributed by atoms with Crippen LogP contribution in [0.4, 0.5) is 0 Å². The first kappa shape index (κ1) is 15.9. The highest BCUT2D eigenvalue weighted by molar-refractivity contribution is 6.12. The minimum atomic E-state index is 0.450. The van der Waals surface area contributed by atoms with Gasteiger partial charge in [-0.05, 0) is 35.7 Å². The summed E-state index contributed by atoms with van der Waals surface area (Å²) in [6.07, 6.45) is 0. The molecule has 0 spiro atoms. The van der Waals surface area contributed by atoms with Crippen LogP contribution in [0.25, 0.3) is 27.5 Å². The van der Waals surface area contributed by atoms with Gasteiger partial charge in [0.05, 0.1) is 22.2 Å². The maximum Gasteiger partial charge on any atom is 0.101 e. The molecule has 0 saturated heterocycles. The molecule has 0 radical (unpaired) electrons. The van der Waals surface area contributed by atoms with Gasteiger partial charge in [-0.25, -0.2) is 0 Å². The fourth-order valence-electron chi connectivity index (χ4n) is 3.56. The Labute approximate surface area is 152 Å². The van der Waals surface area contributed by atoms with Crippen molar-refractivity contribution in [3.63, 3.8) is 0 Å². The third-order valence-electron chi connectivity index (χ3n) is 4.87. The van der Waals surface area contributed by atoms with Gasteiger partial charge in [0.1, 0.15) is 12.1 Å². The smallest absolute Gasteiger partial charge is 0.101 e. The molecule has 0 aliphatic carbocycles. The molecule has 3 heteroatoms. The summed E-state index contributed by atoms with van der Waals surface area (Å²) < 4.78 is 2.05.